The molecule has 2 saturated carbocycles. The van der Waals surface area contributed by atoms with Crippen LogP contribution in [0.4, 0.5) is 21.0 Å². The average Bonchev–Trinajstić information content (AvgIpc) is 3.88. The van der Waals surface area contributed by atoms with Gasteiger partial charge in [0.25, 0.3) is 11.8 Å². The van der Waals surface area contributed by atoms with Gasteiger partial charge in [0, 0.05) is 42.3 Å². The van der Waals surface area contributed by atoms with Gasteiger partial charge in [0.05, 0.1) is 71.0 Å². The van der Waals surface area contributed by atoms with E-state index in [9.17, 15) is 34.5 Å². The van der Waals surface area contributed by atoms with Crippen LogP contribution in [-0.4, -0.2) is 141 Å². The number of hydrogen-bond acceptors (Lipinski definition) is 16. The summed E-state index contributed by atoms with van der Waals surface area (Å²) in [7, 11) is 8.39. The molecule has 2 unspecified atom stereocenters. The maximum absolute atomic E-state index is 14.1. The van der Waals surface area contributed by atoms with Crippen molar-refractivity contribution in [2.75, 3.05) is 67.9 Å². The molecule has 0 radical (unpaired) electrons. The first-order chi connectivity index (χ1) is 33.3. The predicted molar refractivity (Wildman–Crippen MR) is 272 cm³/mol. The number of anilines is 2. The highest BCUT2D eigenvalue weighted by Crippen LogP contribution is 2.51. The Morgan fingerprint density at radius 2 is 1.16 bits per heavy atom. The Bertz CT molecular complexity index is 2140. The van der Waals surface area contributed by atoms with Crippen molar-refractivity contribution in [3.63, 3.8) is 0 Å². The van der Waals surface area contributed by atoms with Gasteiger partial charge in [0.1, 0.15) is 19.0 Å². The van der Waals surface area contributed by atoms with Crippen molar-refractivity contribution in [3.05, 3.63) is 65.3 Å². The molecule has 2 aliphatic carbocycles. The fraction of sp³-hybridized carbons (Fsp3) is 0.592. The van der Waals surface area contributed by atoms with Gasteiger partial charge in [-0.15, -0.1) is 0 Å². The summed E-state index contributed by atoms with van der Waals surface area (Å²) < 4.78 is 29.7. The minimum Gasteiger partial charge on any atom is -0.493 e. The van der Waals surface area contributed by atoms with Gasteiger partial charge in [0.15, 0.2) is 24.0 Å². The first-order valence-corrected chi connectivity index (χ1v) is 28.5. The Morgan fingerprint density at radius 1 is 0.696 bits per heavy atom. The fourth-order valence-corrected chi connectivity index (χ4v) is 15.1. The van der Waals surface area contributed by atoms with Crippen LogP contribution in [0.2, 0.25) is 0 Å². The van der Waals surface area contributed by atoms with Crippen LogP contribution >= 0.6 is 43.2 Å². The molecule has 20 heteroatoms. The third kappa shape index (κ3) is 10.7. The van der Waals surface area contributed by atoms with Gasteiger partial charge < -0.3 is 48.8 Å². The number of amides is 4. The summed E-state index contributed by atoms with van der Waals surface area (Å²) in [4.78, 5) is 61.6. The molecule has 69 heavy (non-hydrogen) atoms. The maximum Gasteiger partial charge on any atom is 0.416 e. The Kier molecular flexibility index (Phi) is 16.6. The molecule has 2 aromatic rings. The minimum absolute atomic E-state index is 0.144. The number of benzene rings is 2. The van der Waals surface area contributed by atoms with Gasteiger partial charge >= 0.3 is 12.2 Å². The van der Waals surface area contributed by atoms with Gasteiger partial charge in [-0.1, -0.05) is 94.2 Å². The molecular formula is C49H64N4O12S4. The quantitative estimate of drug-likeness (QED) is 0.0650. The smallest absolute Gasteiger partial charge is 0.416 e. The van der Waals surface area contributed by atoms with E-state index in [0.29, 0.717) is 37.7 Å². The number of rotatable bonds is 20. The summed E-state index contributed by atoms with van der Waals surface area (Å²) in [5, 5.41) is 34.1. The largest absolute Gasteiger partial charge is 0.493 e. The number of ether oxygens (including phenoxy) is 5. The van der Waals surface area contributed by atoms with Crippen molar-refractivity contribution in [1.29, 1.82) is 0 Å². The molecular weight excluding hydrogens is 965 g/mol. The van der Waals surface area contributed by atoms with Crippen molar-refractivity contribution in [2.45, 2.75) is 125 Å². The lowest BCUT2D eigenvalue weighted by Gasteiger charge is -2.40. The van der Waals surface area contributed by atoms with Crippen molar-refractivity contribution >= 4 is 78.6 Å². The van der Waals surface area contributed by atoms with Gasteiger partial charge in [-0.05, 0) is 69.9 Å². The number of carbonyl (C=O) groups is 4. The highest BCUT2D eigenvalue weighted by molar-refractivity contribution is 8.77. The lowest BCUT2D eigenvalue weighted by Crippen LogP contribution is -2.51. The summed E-state index contributed by atoms with van der Waals surface area (Å²) in [6.45, 7) is 13.1. The van der Waals surface area contributed by atoms with E-state index in [-0.39, 0.29) is 101 Å². The second-order valence-electron chi connectivity index (χ2n) is 18.6. The molecule has 0 aromatic heterocycles. The molecule has 16 nitrogen and oxygen atoms in total. The molecule has 3 N–H and O–H groups in total. The summed E-state index contributed by atoms with van der Waals surface area (Å²) in [6.07, 6.45) is 3.86. The Hall–Kier alpha value is -3.92. The monoisotopic (exact) mass is 1030 g/mol. The molecule has 4 atom stereocenters. The molecule has 4 heterocycles. The second kappa shape index (κ2) is 22.2. The summed E-state index contributed by atoms with van der Waals surface area (Å²) in [6, 6.07) is 4.72. The Morgan fingerprint density at radius 3 is 1.59 bits per heavy atom. The number of unbranched alkanes of at least 4 members (excludes halogenated alkanes) is 2. The molecule has 6 aliphatic rings. The zero-order chi connectivity index (χ0) is 49.0. The van der Waals surface area contributed by atoms with Gasteiger partial charge in [-0.25, -0.2) is 19.4 Å². The minimum atomic E-state index is -1.42. The van der Waals surface area contributed by atoms with E-state index < -0.39 is 43.3 Å². The lowest BCUT2D eigenvalue weighted by atomic mass is 9.85. The summed E-state index contributed by atoms with van der Waals surface area (Å²) >= 11 is 0. The van der Waals surface area contributed by atoms with Crippen LogP contribution in [0.5, 0.6) is 17.2 Å². The van der Waals surface area contributed by atoms with E-state index in [2.05, 4.69) is 27.0 Å². The van der Waals surface area contributed by atoms with Crippen LogP contribution in [0.25, 0.3) is 0 Å². The van der Waals surface area contributed by atoms with E-state index in [1.807, 2.05) is 0 Å². The normalized spacial score (nSPS) is 23.2. The molecule has 8 rings (SSSR count). The number of nitrogens with zero attached hydrogens (tertiary/aromatic N) is 4. The van der Waals surface area contributed by atoms with Crippen molar-refractivity contribution in [1.82, 2.24) is 9.80 Å². The van der Waals surface area contributed by atoms with Crippen LogP contribution in [0.1, 0.15) is 111 Å². The van der Waals surface area contributed by atoms with Crippen LogP contribution in [0, 0.1) is 0 Å². The Labute approximate surface area is 420 Å². The maximum atomic E-state index is 14.1. The summed E-state index contributed by atoms with van der Waals surface area (Å²) in [5.74, 6) is 1.93. The number of carbonyl (C=O) groups excluding carboxylic acids is 4. The highest BCUT2D eigenvalue weighted by Gasteiger charge is 2.49. The Balaban J connectivity index is 0.937. The van der Waals surface area contributed by atoms with Crippen LogP contribution in [0.3, 0.4) is 0 Å². The van der Waals surface area contributed by atoms with Crippen LogP contribution in [-0.2, 0) is 16.1 Å². The molecule has 0 bridgehead atoms. The third-order valence-corrected chi connectivity index (χ3v) is 20.5. The zero-order valence-electron chi connectivity index (χ0n) is 39.6. The van der Waals surface area contributed by atoms with E-state index in [1.54, 1.807) is 60.2 Å². The first kappa shape index (κ1) is 51.4. The summed E-state index contributed by atoms with van der Waals surface area (Å²) in [5.41, 5.74) is 2.52. The number of hydrogen-bond donors (Lipinski definition) is 3. The number of fused-ring (bicyclic) bond motifs is 4. The number of aliphatic hydroxyl groups is 3. The van der Waals surface area contributed by atoms with Gasteiger partial charge in [-0.2, -0.15) is 0 Å². The standard InChI is InChI=1S/C49H64N4O12S4/c1-6-66-68-48(13-11-14-48)28-64-46(59)52-35-23-39(32(27-54)21-33(35)42(55)50-25-30(3)19-37(50)44(52)57)62-17-9-8-10-18-63-41-24-36-34(22-40(41)61-5)43(56)51-26-31(4)20-38(51)45(58)53(36)47(60)65-29-49(15-12-16-49)69-67-7-2/h21-24,37-38,44-45,54,57-58H,3-4,6-20,25-29H2,1-2,5H3/t37-,38-,44?,45?/m0/s1. The average molecular weight is 1030 g/mol. The second-order valence-corrected chi connectivity index (χ2v) is 24.7. The molecule has 2 aromatic carbocycles. The molecule has 4 amide bonds. The van der Waals surface area contributed by atoms with Crippen molar-refractivity contribution < 1.29 is 58.2 Å². The van der Waals surface area contributed by atoms with Crippen molar-refractivity contribution in [2.24, 2.45) is 0 Å². The van der Waals surface area contributed by atoms with E-state index in [0.717, 1.165) is 66.1 Å². The van der Waals surface area contributed by atoms with Gasteiger partial charge in [-0.3, -0.25) is 9.59 Å². The van der Waals surface area contributed by atoms with E-state index in [4.69, 9.17) is 23.7 Å². The van der Waals surface area contributed by atoms with Gasteiger partial charge in [0.2, 0.25) is 0 Å². The zero-order valence-corrected chi connectivity index (χ0v) is 42.9. The number of methoxy groups -OCH3 is 1. The van der Waals surface area contributed by atoms with Crippen LogP contribution in [0.15, 0.2) is 48.6 Å². The SMILES string of the molecule is C=C1C[C@H]2C(O)N(C(=O)OCC3(SSCC)CCC3)c3cc(OCCCCCOc4cc5c(cc4OC)C(=O)N4CC(=C)C[C@H]4C(O)N5C(=O)OCC4(SSCC)CCC4)c(CO)cc3C(=O)N2C1. The molecule has 376 valence electrons. The van der Waals surface area contributed by atoms with Crippen LogP contribution < -0.4 is 24.0 Å². The predicted octanol–water partition coefficient (Wildman–Crippen LogP) is 8.56. The lowest BCUT2D eigenvalue weighted by molar-refractivity contribution is 0.0475. The molecule has 0 spiro atoms. The third-order valence-electron chi connectivity index (χ3n) is 13.8. The topological polar surface area (TPSA) is 188 Å². The molecule has 4 fully saturated rings. The first-order valence-electron chi connectivity index (χ1n) is 23.9. The van der Waals surface area contributed by atoms with Crippen molar-refractivity contribution in [3.8, 4) is 17.2 Å². The molecule has 2 saturated heterocycles. The van der Waals surface area contributed by atoms with E-state index in [1.165, 1.54) is 29.0 Å². The number of aliphatic hydroxyl groups excluding tert-OH is 3. The highest BCUT2D eigenvalue weighted by atomic mass is 33.1. The van der Waals surface area contributed by atoms with E-state index >= 15 is 0 Å². The molecule has 4 aliphatic heterocycles. The fourth-order valence-electron chi connectivity index (χ4n) is 9.71.